The van der Waals surface area contributed by atoms with Crippen molar-refractivity contribution in [3.63, 3.8) is 0 Å². The van der Waals surface area contributed by atoms with Gasteiger partial charge in [0, 0.05) is 29.1 Å². The first-order valence-corrected chi connectivity index (χ1v) is 11.0. The van der Waals surface area contributed by atoms with Crippen molar-refractivity contribution in [3.05, 3.63) is 95.0 Å². The maximum Gasteiger partial charge on any atom is 0.240 e. The van der Waals surface area contributed by atoms with Crippen LogP contribution in [0.25, 0.3) is 0 Å². The van der Waals surface area contributed by atoms with Crippen LogP contribution in [0.2, 0.25) is 5.02 Å². The predicted molar refractivity (Wildman–Crippen MR) is 116 cm³/mol. The summed E-state index contributed by atoms with van der Waals surface area (Å²) in [5.74, 6) is -0.672. The molecule has 0 fully saturated rings. The van der Waals surface area contributed by atoms with E-state index in [1.54, 1.807) is 66.7 Å². The predicted octanol–water partition coefficient (Wildman–Crippen LogP) is 3.88. The fourth-order valence-electron chi connectivity index (χ4n) is 2.74. The van der Waals surface area contributed by atoms with Gasteiger partial charge < -0.3 is 5.32 Å². The van der Waals surface area contributed by atoms with E-state index in [1.807, 2.05) is 0 Å². The van der Waals surface area contributed by atoms with Crippen molar-refractivity contribution in [2.24, 2.45) is 0 Å². The molecule has 154 valence electrons. The molecule has 0 bridgehead atoms. The highest BCUT2D eigenvalue weighted by Crippen LogP contribution is 2.20. The van der Waals surface area contributed by atoms with Crippen LogP contribution in [0.5, 0.6) is 0 Å². The van der Waals surface area contributed by atoms with Gasteiger partial charge in [0.15, 0.2) is 5.78 Å². The topological polar surface area (TPSA) is 92.3 Å². The molecule has 0 saturated carbocycles. The van der Waals surface area contributed by atoms with Crippen LogP contribution in [0, 0.1) is 0 Å². The van der Waals surface area contributed by atoms with E-state index in [0.717, 1.165) is 0 Å². The van der Waals surface area contributed by atoms with Gasteiger partial charge in [-0.3, -0.25) is 9.59 Å². The number of sulfonamides is 1. The molecule has 30 heavy (non-hydrogen) atoms. The van der Waals surface area contributed by atoms with Crippen LogP contribution >= 0.6 is 11.6 Å². The lowest BCUT2D eigenvalue weighted by atomic mass is 10.0. The van der Waals surface area contributed by atoms with Gasteiger partial charge in [-0.25, -0.2) is 13.1 Å². The molecule has 1 amide bonds. The molecule has 3 aromatic rings. The molecule has 0 aliphatic heterocycles. The SMILES string of the molecule is O=C(CCNS(=O)(=O)c1ccccc1)Nc1ccccc1C(=O)c1ccc(Cl)cc1. The number of nitrogens with one attached hydrogen (secondary N) is 2. The van der Waals surface area contributed by atoms with E-state index in [1.165, 1.54) is 12.1 Å². The molecule has 0 radical (unpaired) electrons. The first-order valence-electron chi connectivity index (χ1n) is 9.11. The van der Waals surface area contributed by atoms with Gasteiger partial charge in [-0.05, 0) is 48.5 Å². The van der Waals surface area contributed by atoms with Crippen LogP contribution in [0.3, 0.4) is 0 Å². The van der Waals surface area contributed by atoms with Crippen LogP contribution in [0.4, 0.5) is 5.69 Å². The van der Waals surface area contributed by atoms with Crippen molar-refractivity contribution in [2.45, 2.75) is 11.3 Å². The maximum atomic E-state index is 12.8. The second kappa shape index (κ2) is 9.67. The Balaban J connectivity index is 1.63. The normalized spacial score (nSPS) is 11.1. The van der Waals surface area contributed by atoms with Gasteiger partial charge >= 0.3 is 0 Å². The number of halogens is 1. The largest absolute Gasteiger partial charge is 0.325 e. The summed E-state index contributed by atoms with van der Waals surface area (Å²) in [6.07, 6.45) is -0.0878. The second-order valence-corrected chi connectivity index (χ2v) is 8.59. The van der Waals surface area contributed by atoms with Gasteiger partial charge in [-0.1, -0.05) is 41.9 Å². The zero-order valence-corrected chi connectivity index (χ0v) is 17.4. The monoisotopic (exact) mass is 442 g/mol. The minimum absolute atomic E-state index is 0.0731. The molecule has 0 aromatic heterocycles. The van der Waals surface area contributed by atoms with Gasteiger partial charge in [0.2, 0.25) is 15.9 Å². The van der Waals surface area contributed by atoms with E-state index in [9.17, 15) is 18.0 Å². The van der Waals surface area contributed by atoms with Gasteiger partial charge in [0.1, 0.15) is 0 Å². The summed E-state index contributed by atoms with van der Waals surface area (Å²) in [5.41, 5.74) is 1.13. The lowest BCUT2D eigenvalue weighted by molar-refractivity contribution is -0.116. The number of benzene rings is 3. The van der Waals surface area contributed by atoms with Gasteiger partial charge in [0.25, 0.3) is 0 Å². The standard InChI is InChI=1S/C22H19ClN2O4S/c23-17-12-10-16(11-13-17)22(27)19-8-4-5-9-20(19)25-21(26)14-15-24-30(28,29)18-6-2-1-3-7-18/h1-13,24H,14-15H2,(H,25,26). The average Bonchev–Trinajstić information content (AvgIpc) is 2.75. The van der Waals surface area contributed by atoms with Gasteiger partial charge in [-0.15, -0.1) is 0 Å². The minimum Gasteiger partial charge on any atom is -0.325 e. The molecule has 0 spiro atoms. The summed E-state index contributed by atoms with van der Waals surface area (Å²) < 4.78 is 26.8. The molecular weight excluding hydrogens is 424 g/mol. The first-order chi connectivity index (χ1) is 14.4. The maximum absolute atomic E-state index is 12.8. The summed E-state index contributed by atoms with van der Waals surface area (Å²) in [5, 5.41) is 3.20. The highest BCUT2D eigenvalue weighted by molar-refractivity contribution is 7.89. The molecule has 6 nitrogen and oxygen atoms in total. The summed E-state index contributed by atoms with van der Waals surface area (Å²) in [4.78, 5) is 25.2. The van der Waals surface area contributed by atoms with Crippen LogP contribution in [0.15, 0.2) is 83.8 Å². The number of hydrogen-bond donors (Lipinski definition) is 2. The third-order valence-corrected chi connectivity index (χ3v) is 5.98. The van der Waals surface area contributed by atoms with E-state index in [0.29, 0.717) is 21.8 Å². The highest BCUT2D eigenvalue weighted by atomic mass is 35.5. The molecule has 3 aromatic carbocycles. The number of para-hydroxylation sites is 1. The lowest BCUT2D eigenvalue weighted by Crippen LogP contribution is -2.28. The van der Waals surface area contributed by atoms with Crippen LogP contribution in [0.1, 0.15) is 22.3 Å². The summed E-state index contributed by atoms with van der Waals surface area (Å²) in [7, 11) is -3.68. The molecule has 3 rings (SSSR count). The van der Waals surface area contributed by atoms with Crippen LogP contribution in [-0.4, -0.2) is 26.7 Å². The number of amides is 1. The van der Waals surface area contributed by atoms with E-state index in [-0.39, 0.29) is 23.6 Å². The third-order valence-electron chi connectivity index (χ3n) is 4.25. The first kappa shape index (κ1) is 21.7. The Hall–Kier alpha value is -3.00. The minimum atomic E-state index is -3.68. The molecular formula is C22H19ClN2O4S. The summed E-state index contributed by atoms with van der Waals surface area (Å²) in [6, 6.07) is 21.0. The number of rotatable bonds is 8. The number of carbonyl (C=O) groups excluding carboxylic acids is 2. The fraction of sp³-hybridized carbons (Fsp3) is 0.0909. The van der Waals surface area contributed by atoms with E-state index < -0.39 is 15.9 Å². The van der Waals surface area contributed by atoms with Crippen molar-refractivity contribution in [1.82, 2.24) is 4.72 Å². The van der Waals surface area contributed by atoms with E-state index in [2.05, 4.69) is 10.0 Å². The van der Waals surface area contributed by atoms with Crippen molar-refractivity contribution >= 4 is 39.0 Å². The van der Waals surface area contributed by atoms with E-state index >= 15 is 0 Å². The Kier molecular flexibility index (Phi) is 6.99. The number of carbonyl (C=O) groups is 2. The third kappa shape index (κ3) is 5.54. The van der Waals surface area contributed by atoms with Crippen molar-refractivity contribution in [1.29, 1.82) is 0 Å². The molecule has 0 atom stereocenters. The lowest BCUT2D eigenvalue weighted by Gasteiger charge is -2.11. The molecule has 0 saturated heterocycles. The van der Waals surface area contributed by atoms with Gasteiger partial charge in [0.05, 0.1) is 10.6 Å². The number of anilines is 1. The molecule has 0 aliphatic carbocycles. The zero-order chi connectivity index (χ0) is 21.6. The Morgan fingerprint density at radius 1 is 0.833 bits per heavy atom. The summed E-state index contributed by atoms with van der Waals surface area (Å²) >= 11 is 5.87. The highest BCUT2D eigenvalue weighted by Gasteiger charge is 2.16. The van der Waals surface area contributed by atoms with E-state index in [4.69, 9.17) is 11.6 Å². The number of ketones is 1. The van der Waals surface area contributed by atoms with Crippen molar-refractivity contribution < 1.29 is 18.0 Å². The Morgan fingerprint density at radius 2 is 1.47 bits per heavy atom. The Bertz CT molecular complexity index is 1150. The van der Waals surface area contributed by atoms with Gasteiger partial charge in [-0.2, -0.15) is 0 Å². The Labute approximate surface area is 179 Å². The quantitative estimate of drug-likeness (QED) is 0.518. The number of hydrogen-bond acceptors (Lipinski definition) is 4. The van der Waals surface area contributed by atoms with Crippen molar-refractivity contribution in [3.8, 4) is 0 Å². The second-order valence-electron chi connectivity index (χ2n) is 6.39. The van der Waals surface area contributed by atoms with Crippen LogP contribution in [-0.2, 0) is 14.8 Å². The molecule has 2 N–H and O–H groups in total. The zero-order valence-electron chi connectivity index (χ0n) is 15.8. The molecule has 8 heteroatoms. The Morgan fingerprint density at radius 3 is 2.17 bits per heavy atom. The van der Waals surface area contributed by atoms with Crippen LogP contribution < -0.4 is 10.0 Å². The molecule has 0 aliphatic rings. The smallest absolute Gasteiger partial charge is 0.240 e. The molecule has 0 unspecified atom stereocenters. The van der Waals surface area contributed by atoms with Crippen molar-refractivity contribution in [2.75, 3.05) is 11.9 Å². The fourth-order valence-corrected chi connectivity index (χ4v) is 3.92. The summed E-state index contributed by atoms with van der Waals surface area (Å²) in [6.45, 7) is -0.0731. The molecule has 0 heterocycles. The average molecular weight is 443 g/mol.